The predicted octanol–water partition coefficient (Wildman–Crippen LogP) is 15.2. The van der Waals surface area contributed by atoms with Crippen LogP contribution in [0, 0.1) is 0 Å². The highest BCUT2D eigenvalue weighted by atomic mass is 31.2. The van der Waals surface area contributed by atoms with Crippen LogP contribution in [0.4, 0.5) is 0 Å². The van der Waals surface area contributed by atoms with E-state index in [2.05, 4.69) is 55.6 Å². The van der Waals surface area contributed by atoms with E-state index in [9.17, 15) is 19.4 Å². The van der Waals surface area contributed by atoms with E-state index in [0.717, 1.165) is 57.8 Å². The van der Waals surface area contributed by atoms with Crippen LogP contribution in [-0.4, -0.2) is 47.8 Å². The number of allylic oxidation sites excluding steroid dienone is 7. The van der Waals surface area contributed by atoms with Gasteiger partial charge < -0.3 is 21.1 Å². The van der Waals surface area contributed by atoms with Crippen molar-refractivity contribution in [2.24, 2.45) is 5.73 Å². The van der Waals surface area contributed by atoms with Crippen LogP contribution in [0.2, 0.25) is 0 Å². The van der Waals surface area contributed by atoms with Gasteiger partial charge in [-0.15, -0.1) is 0 Å². The number of nitrogens with two attached hydrogens (primary N) is 1. The number of phosphoric acid groups is 1. The van der Waals surface area contributed by atoms with Gasteiger partial charge in [0.05, 0.1) is 25.4 Å². The molecule has 8 nitrogen and oxygen atoms in total. The second-order valence-corrected chi connectivity index (χ2v) is 18.8. The lowest BCUT2D eigenvalue weighted by Crippen LogP contribution is -2.45. The normalized spacial score (nSPS) is 14.2. The van der Waals surface area contributed by atoms with Crippen LogP contribution in [0.5, 0.6) is 0 Å². The Kier molecular flexibility index (Phi) is 46.7. The minimum absolute atomic E-state index is 0.0761. The van der Waals surface area contributed by atoms with Gasteiger partial charge in [-0.3, -0.25) is 13.8 Å². The van der Waals surface area contributed by atoms with Gasteiger partial charge in [-0.2, -0.15) is 0 Å². The van der Waals surface area contributed by atoms with Gasteiger partial charge in [-0.1, -0.05) is 229 Å². The van der Waals surface area contributed by atoms with Crippen molar-refractivity contribution in [3.05, 3.63) is 48.6 Å². The van der Waals surface area contributed by atoms with Crippen molar-refractivity contribution in [1.29, 1.82) is 0 Å². The Labute approximate surface area is 377 Å². The maximum Gasteiger partial charge on any atom is 0.472 e. The molecular formula is C52H99N2O6P. The molecule has 0 rings (SSSR count). The maximum absolute atomic E-state index is 12.8. The number of aliphatic hydroxyl groups excluding tert-OH is 1. The van der Waals surface area contributed by atoms with Crippen molar-refractivity contribution < 1.29 is 28.4 Å². The number of hydrogen-bond acceptors (Lipinski definition) is 6. The molecule has 0 aromatic heterocycles. The molecule has 0 aliphatic rings. The fourth-order valence-corrected chi connectivity index (χ4v) is 8.25. The van der Waals surface area contributed by atoms with Crippen molar-refractivity contribution in [1.82, 2.24) is 5.32 Å². The molecular weight excluding hydrogens is 780 g/mol. The lowest BCUT2D eigenvalue weighted by atomic mass is 10.0. The van der Waals surface area contributed by atoms with Crippen LogP contribution in [0.1, 0.15) is 245 Å². The zero-order valence-corrected chi connectivity index (χ0v) is 40.8. The molecule has 3 atom stereocenters. The van der Waals surface area contributed by atoms with Crippen LogP contribution >= 0.6 is 7.82 Å². The average molecular weight is 879 g/mol. The first-order chi connectivity index (χ1) is 29.9. The highest BCUT2D eigenvalue weighted by Gasteiger charge is 2.26. The molecule has 9 heteroatoms. The van der Waals surface area contributed by atoms with E-state index >= 15 is 0 Å². The molecule has 0 aliphatic carbocycles. The zero-order valence-electron chi connectivity index (χ0n) is 39.9. The number of carbonyl (C=O) groups excluding carboxylic acids is 1. The molecule has 61 heavy (non-hydrogen) atoms. The molecule has 0 saturated carbocycles. The highest BCUT2D eigenvalue weighted by Crippen LogP contribution is 2.43. The van der Waals surface area contributed by atoms with Crippen LogP contribution in [0.25, 0.3) is 0 Å². The van der Waals surface area contributed by atoms with Gasteiger partial charge in [-0.05, 0) is 57.8 Å². The molecule has 0 bridgehead atoms. The summed E-state index contributed by atoms with van der Waals surface area (Å²) in [6.07, 6.45) is 60.2. The molecule has 1 amide bonds. The molecule has 0 saturated heterocycles. The quantitative estimate of drug-likeness (QED) is 0.0272. The van der Waals surface area contributed by atoms with E-state index in [4.69, 9.17) is 14.8 Å². The molecule has 0 aromatic carbocycles. The number of aliphatic hydroxyl groups is 1. The first kappa shape index (κ1) is 59.5. The Bertz CT molecular complexity index is 1100. The fraction of sp³-hybridized carbons (Fsp3) is 0.827. The molecule has 0 aliphatic heterocycles. The van der Waals surface area contributed by atoms with E-state index < -0.39 is 20.0 Å². The molecule has 0 spiro atoms. The Morgan fingerprint density at radius 3 is 1.31 bits per heavy atom. The van der Waals surface area contributed by atoms with Crippen molar-refractivity contribution in [3.63, 3.8) is 0 Å². The third-order valence-corrected chi connectivity index (χ3v) is 12.4. The number of hydrogen-bond donors (Lipinski definition) is 4. The number of carbonyl (C=O) groups is 1. The average Bonchev–Trinajstić information content (AvgIpc) is 3.25. The zero-order chi connectivity index (χ0) is 44.6. The Balaban J connectivity index is 4.12. The molecule has 0 fully saturated rings. The van der Waals surface area contributed by atoms with Gasteiger partial charge in [0.2, 0.25) is 5.91 Å². The third kappa shape index (κ3) is 46.3. The van der Waals surface area contributed by atoms with Crippen molar-refractivity contribution in [3.8, 4) is 0 Å². The second-order valence-electron chi connectivity index (χ2n) is 17.4. The van der Waals surface area contributed by atoms with E-state index in [0.29, 0.717) is 6.42 Å². The summed E-state index contributed by atoms with van der Waals surface area (Å²) in [7, 11) is -4.35. The lowest BCUT2D eigenvalue weighted by molar-refractivity contribution is -0.123. The summed E-state index contributed by atoms with van der Waals surface area (Å²) in [4.78, 5) is 22.8. The van der Waals surface area contributed by atoms with Gasteiger partial charge in [0.1, 0.15) is 0 Å². The maximum atomic E-state index is 12.8. The van der Waals surface area contributed by atoms with E-state index in [1.165, 1.54) is 167 Å². The summed E-state index contributed by atoms with van der Waals surface area (Å²) in [5.41, 5.74) is 5.39. The van der Waals surface area contributed by atoms with Crippen molar-refractivity contribution >= 4 is 13.7 Å². The topological polar surface area (TPSA) is 131 Å². The Morgan fingerprint density at radius 2 is 0.902 bits per heavy atom. The van der Waals surface area contributed by atoms with Crippen LogP contribution < -0.4 is 11.1 Å². The van der Waals surface area contributed by atoms with Crippen molar-refractivity contribution in [2.75, 3.05) is 19.8 Å². The minimum atomic E-state index is -4.35. The van der Waals surface area contributed by atoms with Crippen LogP contribution in [0.15, 0.2) is 48.6 Å². The monoisotopic (exact) mass is 879 g/mol. The Hall–Kier alpha value is -1.54. The van der Waals surface area contributed by atoms with Gasteiger partial charge in [0.15, 0.2) is 0 Å². The first-order valence-electron chi connectivity index (χ1n) is 25.8. The largest absolute Gasteiger partial charge is 0.472 e. The highest BCUT2D eigenvalue weighted by molar-refractivity contribution is 7.47. The number of nitrogens with one attached hydrogen (secondary N) is 1. The Morgan fingerprint density at radius 1 is 0.541 bits per heavy atom. The van der Waals surface area contributed by atoms with Crippen LogP contribution in [0.3, 0.4) is 0 Å². The standard InChI is InChI=1S/C52H99N2O6P/c1-3-5-7-9-11-13-15-17-19-21-23-24-25-26-28-30-32-34-36-38-40-42-44-46-52(56)54-50(49-60-61(57,58)59-48-47-53)51(55)45-43-41-39-37-35-33-31-29-27-22-20-18-16-14-12-10-8-6-4-2/h15,17,21,23,25-26,43,45,50-51,55H,3-14,16,18-20,22,24,27-42,44,46-49,53H2,1-2H3,(H,54,56)(H,57,58)/b17-15-,23-21-,26-25-,45-43+. The smallest absolute Gasteiger partial charge is 0.387 e. The lowest BCUT2D eigenvalue weighted by Gasteiger charge is -2.23. The summed E-state index contributed by atoms with van der Waals surface area (Å²) in [5.74, 6) is -0.200. The summed E-state index contributed by atoms with van der Waals surface area (Å²) < 4.78 is 22.2. The van der Waals surface area contributed by atoms with Crippen molar-refractivity contribution in [2.45, 2.75) is 257 Å². The second kappa shape index (κ2) is 47.9. The van der Waals surface area contributed by atoms with Crippen LogP contribution in [-0.2, 0) is 18.4 Å². The number of phosphoric ester groups is 1. The van der Waals surface area contributed by atoms with E-state index in [-0.39, 0.29) is 25.7 Å². The third-order valence-electron chi connectivity index (χ3n) is 11.4. The van der Waals surface area contributed by atoms with Gasteiger partial charge in [0.25, 0.3) is 0 Å². The number of amides is 1. The first-order valence-corrected chi connectivity index (χ1v) is 27.3. The summed E-state index contributed by atoms with van der Waals surface area (Å²) in [5, 5.41) is 13.7. The van der Waals surface area contributed by atoms with E-state index in [1.54, 1.807) is 6.08 Å². The molecule has 0 radical (unpaired) electrons. The van der Waals surface area contributed by atoms with E-state index in [1.807, 2.05) is 6.08 Å². The molecule has 3 unspecified atom stereocenters. The SMILES string of the molecule is CCCCCCC/C=C\C/C=C\C/C=C\CCCCCCCCCCC(=O)NC(COP(=O)(O)OCCN)C(O)/C=C/CCCCCCCCCCCCCCCCCCC. The number of rotatable bonds is 48. The van der Waals surface area contributed by atoms with Gasteiger partial charge in [-0.25, -0.2) is 4.57 Å². The molecule has 0 heterocycles. The van der Waals surface area contributed by atoms with Gasteiger partial charge in [0, 0.05) is 13.0 Å². The number of unbranched alkanes of at least 4 members (excludes halogenated alkanes) is 30. The predicted molar refractivity (Wildman–Crippen MR) is 263 cm³/mol. The molecule has 5 N–H and O–H groups in total. The summed E-state index contributed by atoms with van der Waals surface area (Å²) in [6.45, 7) is 4.14. The fourth-order valence-electron chi connectivity index (χ4n) is 7.49. The molecule has 0 aromatic rings. The summed E-state index contributed by atoms with van der Waals surface area (Å²) in [6, 6.07) is -0.866. The minimum Gasteiger partial charge on any atom is -0.387 e. The summed E-state index contributed by atoms with van der Waals surface area (Å²) >= 11 is 0. The van der Waals surface area contributed by atoms with Gasteiger partial charge >= 0.3 is 7.82 Å². The molecule has 358 valence electrons.